The van der Waals surface area contributed by atoms with Gasteiger partial charge in [-0.05, 0) is 67.4 Å². The van der Waals surface area contributed by atoms with Gasteiger partial charge in [-0.2, -0.15) is 0 Å². The number of likely N-dealkylation sites (tertiary alicyclic amines) is 1. The fourth-order valence-electron chi connectivity index (χ4n) is 4.39. The van der Waals surface area contributed by atoms with Crippen LogP contribution in [0.4, 0.5) is 14.5 Å². The summed E-state index contributed by atoms with van der Waals surface area (Å²) in [4.78, 5) is 16.5. The monoisotopic (exact) mass is 605 g/mol. The lowest BCUT2D eigenvalue weighted by Gasteiger charge is -2.34. The Bertz CT molecular complexity index is 1070. The van der Waals surface area contributed by atoms with Gasteiger partial charge in [0.2, 0.25) is 0 Å². The number of rotatable bonds is 9. The van der Waals surface area contributed by atoms with Crippen molar-refractivity contribution in [2.24, 2.45) is 0 Å². The van der Waals surface area contributed by atoms with Gasteiger partial charge in [0.05, 0.1) is 35.1 Å². The van der Waals surface area contributed by atoms with Crippen molar-refractivity contribution in [1.82, 2.24) is 9.62 Å². The molecule has 5 rings (SSSR count). The minimum absolute atomic E-state index is 0.105. The Labute approximate surface area is 240 Å². The van der Waals surface area contributed by atoms with Gasteiger partial charge in [0.15, 0.2) is 5.60 Å². The zero-order valence-electron chi connectivity index (χ0n) is 21.0. The van der Waals surface area contributed by atoms with Crippen molar-refractivity contribution < 1.29 is 23.0 Å². The highest BCUT2D eigenvalue weighted by molar-refractivity contribution is 7.98. The molecule has 6 nitrogen and oxygen atoms in total. The molecule has 3 saturated heterocycles. The molecule has 0 aliphatic carbocycles. The molecule has 2 aromatic carbocycles. The van der Waals surface area contributed by atoms with Crippen LogP contribution in [0.15, 0.2) is 46.2 Å². The van der Waals surface area contributed by atoms with Crippen LogP contribution in [0.5, 0.6) is 0 Å². The minimum Gasteiger partial charge on any atom is -0.383 e. The zero-order chi connectivity index (χ0) is 27.1. The van der Waals surface area contributed by atoms with Crippen LogP contribution in [-0.4, -0.2) is 74.3 Å². The molecule has 3 aliphatic rings. The number of carbonyl (C=O) groups is 1. The number of hydrogen-bond acceptors (Lipinski definition) is 7. The normalized spacial score (nSPS) is 22.8. The predicted molar refractivity (Wildman–Crippen MR) is 151 cm³/mol. The fraction of sp³-hybridized carbons (Fsp3) is 0.500. The number of ether oxygens (including phenoxy) is 2. The zero-order valence-corrected chi connectivity index (χ0v) is 24.1. The first-order valence-corrected chi connectivity index (χ1v) is 15.2. The van der Waals surface area contributed by atoms with E-state index in [1.807, 2.05) is 6.26 Å². The van der Waals surface area contributed by atoms with Crippen LogP contribution in [-0.2, 0) is 14.3 Å². The number of hydrogen-bond donors (Lipinski definition) is 2. The van der Waals surface area contributed by atoms with Crippen molar-refractivity contribution in [1.29, 1.82) is 0 Å². The maximum absolute atomic E-state index is 12.8. The smallest absolute Gasteiger partial charge is 0.264 e. The molecular weight excluding hydrogens is 575 g/mol. The topological polar surface area (TPSA) is 62.8 Å². The highest BCUT2D eigenvalue weighted by Crippen LogP contribution is 2.37. The molecule has 2 unspecified atom stereocenters. The molecule has 0 spiro atoms. The minimum atomic E-state index is -0.885. The molecule has 0 saturated carbocycles. The summed E-state index contributed by atoms with van der Waals surface area (Å²) >= 11 is 15.5. The van der Waals surface area contributed by atoms with Gasteiger partial charge in [-0.15, -0.1) is 11.8 Å². The lowest BCUT2D eigenvalue weighted by molar-refractivity contribution is -0.146. The summed E-state index contributed by atoms with van der Waals surface area (Å²) in [5.74, 6) is -0.367. The van der Waals surface area contributed by atoms with E-state index in [0.717, 1.165) is 41.1 Å². The summed E-state index contributed by atoms with van der Waals surface area (Å²) in [6, 6.07) is 9.98. The second kappa shape index (κ2) is 13.9. The molecule has 2 atom stereocenters. The average Bonchev–Trinajstić information content (AvgIpc) is 3.20. The Hall–Kier alpha value is -1.27. The summed E-state index contributed by atoms with van der Waals surface area (Å²) in [6.45, 7) is 3.41. The number of alkyl halides is 1. The molecule has 12 heteroatoms. The van der Waals surface area contributed by atoms with E-state index in [-0.39, 0.29) is 24.4 Å². The molecule has 2 bridgehead atoms. The maximum Gasteiger partial charge on any atom is 0.264 e. The number of amides is 1. The maximum atomic E-state index is 12.8. The van der Waals surface area contributed by atoms with Gasteiger partial charge in [-0.1, -0.05) is 23.2 Å². The standard InChI is InChI=1S/C19H24Cl2FN3O3S.C7H7FS/c20-15-6-14(29-24-18(26)19-8-13(27-11-19)2-5-28-19)7-16(21)17(15)23-3-1-4-25-9-12(22)10-25;1-9-7-4-2-6(8)3-5-7/h6-7,12-13,23H,1-5,8-11H2,(H,24,26);2-5H,1H3. The van der Waals surface area contributed by atoms with Crippen LogP contribution in [0, 0.1) is 5.82 Å². The van der Waals surface area contributed by atoms with Gasteiger partial charge < -0.3 is 14.8 Å². The summed E-state index contributed by atoms with van der Waals surface area (Å²) in [5, 5.41) is 4.21. The quantitative estimate of drug-likeness (QED) is 0.204. The van der Waals surface area contributed by atoms with E-state index in [9.17, 15) is 13.6 Å². The Kier molecular flexibility index (Phi) is 10.8. The molecule has 208 valence electrons. The molecule has 3 heterocycles. The van der Waals surface area contributed by atoms with Crippen molar-refractivity contribution in [3.05, 3.63) is 52.3 Å². The number of anilines is 1. The van der Waals surface area contributed by atoms with E-state index in [2.05, 4.69) is 14.9 Å². The number of fused-ring (bicyclic) bond motifs is 2. The number of carbonyl (C=O) groups excluding carboxylic acids is 1. The van der Waals surface area contributed by atoms with Crippen LogP contribution in [0.2, 0.25) is 10.0 Å². The summed E-state index contributed by atoms with van der Waals surface area (Å²) in [6.07, 6.45) is 3.69. The molecule has 1 amide bonds. The third kappa shape index (κ3) is 7.90. The van der Waals surface area contributed by atoms with E-state index in [1.54, 1.807) is 36.0 Å². The third-order valence-electron chi connectivity index (χ3n) is 6.53. The Morgan fingerprint density at radius 3 is 2.55 bits per heavy atom. The Morgan fingerprint density at radius 2 is 1.89 bits per heavy atom. The van der Waals surface area contributed by atoms with Crippen LogP contribution in [0.3, 0.4) is 0 Å². The number of benzene rings is 2. The largest absolute Gasteiger partial charge is 0.383 e. The average molecular weight is 607 g/mol. The van der Waals surface area contributed by atoms with Crippen LogP contribution < -0.4 is 10.0 Å². The van der Waals surface area contributed by atoms with Crippen molar-refractivity contribution in [2.75, 3.05) is 51.0 Å². The van der Waals surface area contributed by atoms with Crippen LogP contribution in [0.1, 0.15) is 19.3 Å². The van der Waals surface area contributed by atoms with Crippen molar-refractivity contribution in [3.63, 3.8) is 0 Å². The summed E-state index contributed by atoms with van der Waals surface area (Å²) in [5.41, 5.74) is -0.221. The van der Waals surface area contributed by atoms with E-state index >= 15 is 0 Å². The number of thioether (sulfide) groups is 1. The van der Waals surface area contributed by atoms with E-state index in [1.165, 1.54) is 12.1 Å². The van der Waals surface area contributed by atoms with Gasteiger partial charge in [-0.3, -0.25) is 14.4 Å². The van der Waals surface area contributed by atoms with Crippen molar-refractivity contribution in [3.8, 4) is 0 Å². The van der Waals surface area contributed by atoms with E-state index < -0.39 is 11.8 Å². The van der Waals surface area contributed by atoms with E-state index in [4.69, 9.17) is 32.7 Å². The highest BCUT2D eigenvalue weighted by atomic mass is 35.5. The molecule has 0 aromatic heterocycles. The summed E-state index contributed by atoms with van der Waals surface area (Å²) in [7, 11) is 0. The second-order valence-electron chi connectivity index (χ2n) is 9.36. The predicted octanol–water partition coefficient (Wildman–Crippen LogP) is 6.07. The summed E-state index contributed by atoms with van der Waals surface area (Å²) < 4.78 is 39.2. The van der Waals surface area contributed by atoms with Crippen molar-refractivity contribution >= 4 is 58.5 Å². The third-order valence-corrected chi connectivity index (χ3v) is 8.63. The first-order valence-electron chi connectivity index (χ1n) is 12.4. The van der Waals surface area contributed by atoms with Crippen LogP contribution in [0.25, 0.3) is 0 Å². The number of nitrogens with zero attached hydrogens (tertiary/aromatic N) is 1. The van der Waals surface area contributed by atoms with Gasteiger partial charge in [0, 0.05) is 42.4 Å². The Balaban J connectivity index is 0.000000317. The first kappa shape index (κ1) is 29.7. The lowest BCUT2D eigenvalue weighted by Crippen LogP contribution is -2.49. The second-order valence-corrected chi connectivity index (χ2v) is 11.9. The van der Waals surface area contributed by atoms with Crippen LogP contribution >= 0.6 is 46.9 Å². The molecule has 0 radical (unpaired) electrons. The molecule has 2 N–H and O–H groups in total. The highest BCUT2D eigenvalue weighted by Gasteiger charge is 2.50. The van der Waals surface area contributed by atoms with E-state index in [0.29, 0.717) is 48.4 Å². The molecular formula is C26H31Cl2F2N3O3S2. The molecule has 3 aliphatic heterocycles. The van der Waals surface area contributed by atoms with Gasteiger partial charge in [-0.25, -0.2) is 8.78 Å². The van der Waals surface area contributed by atoms with Gasteiger partial charge >= 0.3 is 0 Å². The first-order chi connectivity index (χ1) is 18.3. The number of nitrogens with one attached hydrogen (secondary N) is 2. The number of halogens is 4. The van der Waals surface area contributed by atoms with Crippen molar-refractivity contribution in [2.45, 2.75) is 46.9 Å². The molecule has 2 aromatic rings. The lowest BCUT2D eigenvalue weighted by atomic mass is 9.95. The molecule has 38 heavy (non-hydrogen) atoms. The Morgan fingerprint density at radius 1 is 1.18 bits per heavy atom. The van der Waals surface area contributed by atoms with Gasteiger partial charge in [0.1, 0.15) is 12.0 Å². The van der Waals surface area contributed by atoms with Gasteiger partial charge in [0.25, 0.3) is 5.91 Å². The SMILES string of the molecule is CSc1ccc(F)cc1.O=C(NSc1cc(Cl)c(NCCCN2CC(F)C2)c(Cl)c1)C12COC(CCO1)C2. The molecule has 3 fully saturated rings. The fourth-order valence-corrected chi connectivity index (χ4v) is 6.29.